The van der Waals surface area contributed by atoms with Crippen LogP contribution < -0.4 is 115 Å². The first kappa shape index (κ1) is 144. The zero-order valence-electron chi connectivity index (χ0n) is 90.1. The predicted octanol–water partition coefficient (Wildman–Crippen LogP) is 5.37. The zero-order valence-corrected chi connectivity index (χ0v) is 90.1. The second-order valence-electron chi connectivity index (χ2n) is 38.5. The fourth-order valence-corrected chi connectivity index (χ4v) is 13.3. The number of Topliss-reactive ketones (excluding diaryl/α,β-unsaturated/α-hetero) is 2. The highest BCUT2D eigenvalue weighted by atomic mass is 16.5. The standard InChI is InChI=1S/C24H31NO3.C13H20N2O2.C13H18N2O2.C12H18N2O2.2C8H18N2O.C7H14N2O3.C7H16N2O.C6H14N2O2.C5H12N2O.C4H10N2O/c1-15(2)11-19(12-21(27)10-9-18-7-5-16(3)6-8-18)24(28)25-14-20-13-22(20)23(25)17(4)26;1-10(12(14)7-8-13(15)16)17-9-11-5-3-2-4-6-11;14-11(7-9-13(15)17)12(16)8-6-10-4-2-1-3-5-10;13-11(6-7-12(14)15)9-16-8-10-4-2-1-3-5-10;1-6(2)5-7(9)3-4-8(10)11;1-2-3-4-7(9)5-6-8(10)11;1-5(10)12-4-6(8)2-3-7(9)11;1-5(2)6(8)3-4-7(9)10;1-4(9)5(7)2-3-6(8)10;1-4(6)2-3-5(7)8;5-3-1-2-4(6)7/h5-10,15,19-20,22-23H,11-14H2,1-4H3;2-6,10,12H,7-9,14H2,1H3,(H2,15,16);1-5,11H,6-9,14H2,(H2,15,17);1-5,11H,6-9,13H2,(H2,14,15);6-7H,3-5,9H2,1-2H3,(H2,10,11);7H,2-6,9H2,1H3,(H2,10,11);6H,2-4,8H2,1H3,(H2,9,11);5-6H,3-4,8H2,1-2H3,(H2,9,10);4-5,9H,2-3,7H2,1H3,(H2,8,10);4H,2-3,6H2,1H3,(H2,7,8);1-3,5H2,(H2,6,7)/b10-9+;;;;;;;;;;/t19-,20-,22?,23-;10-,12?;11-;;;;;;4-,5?;;/m110.....1../s1. The molecular weight excluding hydrogens is 1880 g/mol. The SMILES string of the molecule is CC(=O)OCC(N)CCC(N)=O.CC(=O)[C@@H]1C2C[C@@H]2CN1C(=O)[C@@H](CC(=O)/C=C/c1ccc(C)cc1)CC(C)C.CC(C)C(N)CCC(N)=O.CC(C)CC(N)CCC(N)=O.CC(N)CCC(N)=O.CCCCC(N)CCC(N)=O.C[C@@H](O)C(N)CCC(N)=O.C[C@@H](OCc1ccccc1)C(N)CCC(N)=O.NC(=O)CCC(N)COCc1ccccc1.NC(=O)CC[C@H](N)C(=O)CCc1ccccc1.NCCCC(N)=O. The number of nitrogens with zero attached hydrogens (tertiary/aromatic N) is 1. The summed E-state index contributed by atoms with van der Waals surface area (Å²) in [5.74, 6) is -1.72. The van der Waals surface area contributed by atoms with Crippen LogP contribution in [0.4, 0.5) is 0 Å². The molecule has 0 spiro atoms. The van der Waals surface area contributed by atoms with Crippen molar-refractivity contribution >= 4 is 94.4 Å². The second kappa shape index (κ2) is 88.8. The van der Waals surface area contributed by atoms with Gasteiger partial charge in [-0.15, -0.1) is 0 Å². The lowest BCUT2D eigenvalue weighted by Gasteiger charge is -2.30. The summed E-state index contributed by atoms with van der Waals surface area (Å²) in [6, 6.07) is 36.2. The Morgan fingerprint density at radius 1 is 0.435 bits per heavy atom. The third-order valence-electron chi connectivity index (χ3n) is 22.3. The molecule has 11 amide bonds. The lowest BCUT2D eigenvalue weighted by atomic mass is 9.90. The number of ether oxygens (including phenoxy) is 3. The summed E-state index contributed by atoms with van der Waals surface area (Å²) in [4.78, 5) is 165. The van der Waals surface area contributed by atoms with Crippen LogP contribution in [0.15, 0.2) is 121 Å². The monoisotopic (exact) mass is 2070 g/mol. The van der Waals surface area contributed by atoms with Crippen LogP contribution in [0.25, 0.3) is 6.08 Å². The second-order valence-corrected chi connectivity index (χ2v) is 38.5. The van der Waals surface area contributed by atoms with Gasteiger partial charge in [0, 0.05) is 145 Å². The minimum Gasteiger partial charge on any atom is -0.464 e. The number of carbonyl (C=O) groups excluding carboxylic acids is 15. The van der Waals surface area contributed by atoms with Gasteiger partial charge in [0.1, 0.15) is 12.4 Å². The maximum absolute atomic E-state index is 13.2. The van der Waals surface area contributed by atoms with Crippen molar-refractivity contribution in [3.63, 3.8) is 0 Å². The van der Waals surface area contributed by atoms with Crippen LogP contribution in [0, 0.1) is 42.4 Å². The van der Waals surface area contributed by atoms with Crippen LogP contribution in [0.2, 0.25) is 0 Å². The lowest BCUT2D eigenvalue weighted by Crippen LogP contribution is -2.45. The normalized spacial score (nSPS) is 15.2. The third-order valence-corrected chi connectivity index (χ3v) is 22.3. The van der Waals surface area contributed by atoms with Crippen LogP contribution in [0.5, 0.6) is 0 Å². The van der Waals surface area contributed by atoms with Gasteiger partial charge in [-0.2, -0.15) is 0 Å². The molecule has 9 unspecified atom stereocenters. The van der Waals surface area contributed by atoms with Gasteiger partial charge in [0.2, 0.25) is 65.0 Å². The first-order valence-corrected chi connectivity index (χ1v) is 50.9. The minimum absolute atomic E-state index is 0.0156. The molecule has 2 aliphatic rings. The van der Waals surface area contributed by atoms with Crippen molar-refractivity contribution in [1.82, 2.24) is 4.90 Å². The number of fused-ring (bicyclic) bond motifs is 1. The number of allylic oxidation sites excluding steroid dienone is 1. The molecule has 40 heteroatoms. The highest BCUT2D eigenvalue weighted by molar-refractivity contribution is 5.98. The number of unbranched alkanes of at least 4 members (excludes halogenated alkanes) is 1. The molecule has 41 N–H and O–H groups in total. The summed E-state index contributed by atoms with van der Waals surface area (Å²) in [5, 5.41) is 8.86. The van der Waals surface area contributed by atoms with E-state index >= 15 is 0 Å². The number of carbonyl (C=O) groups is 15. The van der Waals surface area contributed by atoms with Gasteiger partial charge in [0.15, 0.2) is 11.6 Å². The molecule has 6 rings (SSSR count). The van der Waals surface area contributed by atoms with Crippen LogP contribution in [0.1, 0.15) is 291 Å². The van der Waals surface area contributed by atoms with Crippen molar-refractivity contribution in [3.8, 4) is 0 Å². The van der Waals surface area contributed by atoms with E-state index in [4.69, 9.17) is 129 Å². The number of primary amides is 10. The largest absolute Gasteiger partial charge is 0.464 e. The molecule has 40 nitrogen and oxygen atoms in total. The smallest absolute Gasteiger partial charge is 0.302 e. The maximum Gasteiger partial charge on any atom is 0.302 e. The number of rotatable bonds is 59. The van der Waals surface area contributed by atoms with Crippen LogP contribution in [0.3, 0.4) is 0 Å². The zero-order chi connectivity index (χ0) is 113. The highest BCUT2D eigenvalue weighted by Gasteiger charge is 2.56. The Kier molecular flexibility index (Phi) is 87.1. The van der Waals surface area contributed by atoms with Crippen LogP contribution in [-0.4, -0.2) is 197 Å². The molecule has 147 heavy (non-hydrogen) atoms. The number of aryl methyl sites for hydroxylation is 2. The summed E-state index contributed by atoms with van der Waals surface area (Å²) < 4.78 is 15.7. The molecular formula is C107H189N21O19. The Labute approximate surface area is 873 Å². The van der Waals surface area contributed by atoms with Crippen molar-refractivity contribution < 1.29 is 91.2 Å². The quantitative estimate of drug-likeness (QED) is 0.0195. The van der Waals surface area contributed by atoms with E-state index in [-0.39, 0.29) is 175 Å². The van der Waals surface area contributed by atoms with Crippen LogP contribution in [-0.2, 0) is 106 Å². The molecule has 836 valence electrons. The Morgan fingerprint density at radius 3 is 1.23 bits per heavy atom. The number of hydrogen-bond donors (Lipinski definition) is 21. The van der Waals surface area contributed by atoms with Gasteiger partial charge in [-0.1, -0.05) is 188 Å². The van der Waals surface area contributed by atoms with E-state index < -0.39 is 24.0 Å². The minimum atomic E-state index is -0.578. The van der Waals surface area contributed by atoms with E-state index in [2.05, 4.69) is 39.4 Å². The van der Waals surface area contributed by atoms with E-state index in [1.54, 1.807) is 24.8 Å². The number of likely N-dealkylation sites (tertiary alicyclic amines) is 1. The van der Waals surface area contributed by atoms with Crippen molar-refractivity contribution in [1.29, 1.82) is 0 Å². The number of amides is 11. The number of aliphatic hydroxyl groups excluding tert-OH is 1. The number of esters is 1. The fourth-order valence-electron chi connectivity index (χ4n) is 13.3. The maximum atomic E-state index is 13.2. The molecule has 0 bridgehead atoms. The number of hydrogen-bond acceptors (Lipinski definition) is 29. The number of nitrogens with two attached hydrogens (primary N) is 20. The third kappa shape index (κ3) is 93.0. The fraction of sp³-hybridized carbons (Fsp3) is 0.617. The van der Waals surface area contributed by atoms with E-state index in [0.717, 1.165) is 60.8 Å². The molecule has 4 aromatic rings. The average molecular weight is 2070 g/mol. The van der Waals surface area contributed by atoms with E-state index in [1.807, 2.05) is 156 Å². The Morgan fingerprint density at radius 2 is 0.837 bits per heavy atom. The van der Waals surface area contributed by atoms with Crippen molar-refractivity contribution in [3.05, 3.63) is 149 Å². The molecule has 1 aliphatic heterocycles. The van der Waals surface area contributed by atoms with Crippen molar-refractivity contribution in [2.75, 3.05) is 26.3 Å². The molecule has 2 fully saturated rings. The molecule has 0 radical (unpaired) electrons. The average Bonchev–Trinajstić information content (AvgIpc) is 1.58. The van der Waals surface area contributed by atoms with Gasteiger partial charge < -0.3 is 139 Å². The van der Waals surface area contributed by atoms with Gasteiger partial charge >= 0.3 is 5.97 Å². The predicted molar refractivity (Wildman–Crippen MR) is 580 cm³/mol. The Hall–Kier alpha value is -11.3. The first-order valence-electron chi connectivity index (χ1n) is 50.9. The van der Waals surface area contributed by atoms with Crippen molar-refractivity contribution in [2.45, 2.75) is 362 Å². The Balaban J connectivity index is -0.000000515. The number of ketones is 3. The summed E-state index contributed by atoms with van der Waals surface area (Å²) in [5.41, 5.74) is 111. The summed E-state index contributed by atoms with van der Waals surface area (Å²) >= 11 is 0. The number of aliphatic hydroxyl groups is 1. The lowest BCUT2D eigenvalue weighted by molar-refractivity contribution is -0.143. The molecule has 1 heterocycles. The van der Waals surface area contributed by atoms with E-state index in [1.165, 1.54) is 12.5 Å². The summed E-state index contributed by atoms with van der Waals surface area (Å²) in [6.45, 7) is 27.7. The Bertz CT molecular complexity index is 4250. The van der Waals surface area contributed by atoms with Gasteiger partial charge in [-0.25, -0.2) is 0 Å². The van der Waals surface area contributed by atoms with Gasteiger partial charge in [-0.3, -0.25) is 71.9 Å². The molecule has 0 aromatic heterocycles. The first-order chi connectivity index (χ1) is 68.8. The molecule has 4 aromatic carbocycles. The summed E-state index contributed by atoms with van der Waals surface area (Å²) in [6.07, 6.45) is 19.2. The van der Waals surface area contributed by atoms with Gasteiger partial charge in [0.05, 0.1) is 44.1 Å². The summed E-state index contributed by atoms with van der Waals surface area (Å²) in [7, 11) is 0. The highest BCUT2D eigenvalue weighted by Crippen LogP contribution is 2.50. The molecule has 15 atom stereocenters. The number of piperidine rings is 1. The molecule has 1 saturated heterocycles. The van der Waals surface area contributed by atoms with Crippen molar-refractivity contribution in [2.24, 2.45) is 150 Å². The van der Waals surface area contributed by atoms with E-state index in [9.17, 15) is 71.9 Å². The van der Waals surface area contributed by atoms with Crippen LogP contribution >= 0.6 is 0 Å². The molecule has 1 saturated carbocycles. The molecule has 1 aliphatic carbocycles. The van der Waals surface area contributed by atoms with Gasteiger partial charge in [0.25, 0.3) is 0 Å². The van der Waals surface area contributed by atoms with Gasteiger partial charge in [-0.05, 0) is 195 Å². The number of benzene rings is 4. The van der Waals surface area contributed by atoms with E-state index in [0.29, 0.717) is 184 Å². The topological polar surface area (TPSA) is 828 Å².